The SMILES string of the molecule is COCCCOCCOc1ccc(Br)c(CCl)c1. The van der Waals surface area contributed by atoms with Gasteiger partial charge in [0.2, 0.25) is 0 Å². The van der Waals surface area contributed by atoms with Crippen molar-refractivity contribution in [1.29, 1.82) is 0 Å². The van der Waals surface area contributed by atoms with Gasteiger partial charge in [-0.3, -0.25) is 0 Å². The molecule has 0 saturated carbocycles. The summed E-state index contributed by atoms with van der Waals surface area (Å²) < 4.78 is 16.9. The van der Waals surface area contributed by atoms with Crippen LogP contribution in [-0.4, -0.2) is 33.5 Å². The summed E-state index contributed by atoms with van der Waals surface area (Å²) in [6.45, 7) is 2.55. The molecule has 0 heterocycles. The van der Waals surface area contributed by atoms with E-state index in [1.165, 1.54) is 0 Å². The summed E-state index contributed by atoms with van der Waals surface area (Å²) in [4.78, 5) is 0. The molecule has 0 saturated heterocycles. The Kier molecular flexibility index (Phi) is 8.42. The second kappa shape index (κ2) is 9.62. The van der Waals surface area contributed by atoms with Crippen LogP contribution < -0.4 is 4.74 Å². The molecule has 0 aliphatic carbocycles. The molecule has 0 aliphatic rings. The van der Waals surface area contributed by atoms with Gasteiger partial charge in [-0.1, -0.05) is 15.9 Å². The third-order valence-electron chi connectivity index (χ3n) is 2.29. The van der Waals surface area contributed by atoms with E-state index in [-0.39, 0.29) is 0 Å². The molecule has 0 amide bonds. The van der Waals surface area contributed by atoms with E-state index < -0.39 is 0 Å². The first-order valence-electron chi connectivity index (χ1n) is 5.81. The lowest BCUT2D eigenvalue weighted by Gasteiger charge is -2.09. The molecule has 0 spiro atoms. The van der Waals surface area contributed by atoms with Gasteiger partial charge in [-0.15, -0.1) is 11.6 Å². The number of rotatable bonds is 9. The number of hydrogen-bond donors (Lipinski definition) is 0. The molecule has 0 atom stereocenters. The van der Waals surface area contributed by atoms with E-state index in [1.54, 1.807) is 7.11 Å². The molecule has 3 nitrogen and oxygen atoms in total. The second-order valence-corrected chi connectivity index (χ2v) is 4.82. The maximum atomic E-state index is 5.81. The first-order valence-corrected chi connectivity index (χ1v) is 7.14. The lowest BCUT2D eigenvalue weighted by Crippen LogP contribution is -2.08. The third-order valence-corrected chi connectivity index (χ3v) is 3.36. The van der Waals surface area contributed by atoms with Gasteiger partial charge in [-0.2, -0.15) is 0 Å². The monoisotopic (exact) mass is 336 g/mol. The van der Waals surface area contributed by atoms with E-state index in [2.05, 4.69) is 15.9 Å². The quantitative estimate of drug-likeness (QED) is 0.509. The first kappa shape index (κ1) is 15.8. The van der Waals surface area contributed by atoms with E-state index in [9.17, 15) is 0 Å². The molecule has 0 unspecified atom stereocenters. The number of halogens is 2. The van der Waals surface area contributed by atoms with E-state index in [4.69, 9.17) is 25.8 Å². The minimum absolute atomic E-state index is 0.464. The Bertz CT molecular complexity index is 347. The average Bonchev–Trinajstić information content (AvgIpc) is 2.39. The molecule has 102 valence electrons. The van der Waals surface area contributed by atoms with E-state index in [1.807, 2.05) is 18.2 Å². The van der Waals surface area contributed by atoms with Crippen molar-refractivity contribution in [3.63, 3.8) is 0 Å². The Hall–Kier alpha value is -0.290. The van der Waals surface area contributed by atoms with Gasteiger partial charge in [0.1, 0.15) is 12.4 Å². The van der Waals surface area contributed by atoms with E-state index in [0.717, 1.165) is 28.8 Å². The molecule has 18 heavy (non-hydrogen) atoms. The van der Waals surface area contributed by atoms with Crippen LogP contribution in [0, 0.1) is 0 Å². The smallest absolute Gasteiger partial charge is 0.119 e. The summed E-state index contributed by atoms with van der Waals surface area (Å²) in [5, 5.41) is 0. The fourth-order valence-corrected chi connectivity index (χ4v) is 2.14. The zero-order valence-corrected chi connectivity index (χ0v) is 12.8. The van der Waals surface area contributed by atoms with Crippen molar-refractivity contribution in [1.82, 2.24) is 0 Å². The highest BCUT2D eigenvalue weighted by Crippen LogP contribution is 2.23. The van der Waals surface area contributed by atoms with Crippen molar-refractivity contribution < 1.29 is 14.2 Å². The molecule has 1 aromatic carbocycles. The maximum Gasteiger partial charge on any atom is 0.119 e. The van der Waals surface area contributed by atoms with Crippen molar-refractivity contribution >= 4 is 27.5 Å². The van der Waals surface area contributed by atoms with Crippen LogP contribution in [0.3, 0.4) is 0 Å². The highest BCUT2D eigenvalue weighted by Gasteiger charge is 2.01. The minimum atomic E-state index is 0.464. The van der Waals surface area contributed by atoms with Gasteiger partial charge in [-0.25, -0.2) is 0 Å². The van der Waals surface area contributed by atoms with Crippen LogP contribution in [0.4, 0.5) is 0 Å². The molecule has 0 aromatic heterocycles. The van der Waals surface area contributed by atoms with Crippen LogP contribution in [0.2, 0.25) is 0 Å². The van der Waals surface area contributed by atoms with Crippen LogP contribution in [0.25, 0.3) is 0 Å². The van der Waals surface area contributed by atoms with Gasteiger partial charge in [0.05, 0.1) is 6.61 Å². The molecule has 1 aromatic rings. The molecule has 0 radical (unpaired) electrons. The van der Waals surface area contributed by atoms with E-state index in [0.29, 0.717) is 25.7 Å². The van der Waals surface area contributed by atoms with Crippen LogP contribution in [0.15, 0.2) is 22.7 Å². The van der Waals surface area contributed by atoms with Crippen LogP contribution in [0.1, 0.15) is 12.0 Å². The van der Waals surface area contributed by atoms with Gasteiger partial charge in [0.25, 0.3) is 0 Å². The summed E-state index contributed by atoms with van der Waals surface area (Å²) >= 11 is 9.25. The van der Waals surface area contributed by atoms with Gasteiger partial charge in [-0.05, 0) is 30.2 Å². The number of methoxy groups -OCH3 is 1. The second-order valence-electron chi connectivity index (χ2n) is 3.69. The fraction of sp³-hybridized carbons (Fsp3) is 0.538. The van der Waals surface area contributed by atoms with Crippen LogP contribution in [-0.2, 0) is 15.4 Å². The molecule has 0 bridgehead atoms. The third kappa shape index (κ3) is 6.05. The van der Waals surface area contributed by atoms with E-state index >= 15 is 0 Å². The maximum absolute atomic E-state index is 5.81. The molecule has 0 aliphatic heterocycles. The molecule has 0 N–H and O–H groups in total. The van der Waals surface area contributed by atoms with Gasteiger partial charge in [0.15, 0.2) is 0 Å². The minimum Gasteiger partial charge on any atom is -0.491 e. The van der Waals surface area contributed by atoms with Crippen LogP contribution in [0.5, 0.6) is 5.75 Å². The van der Waals surface area contributed by atoms with Crippen molar-refractivity contribution in [3.05, 3.63) is 28.2 Å². The Morgan fingerprint density at radius 2 is 2.00 bits per heavy atom. The predicted molar refractivity (Wildman–Crippen MR) is 76.5 cm³/mol. The average molecular weight is 338 g/mol. The van der Waals surface area contributed by atoms with Gasteiger partial charge < -0.3 is 14.2 Å². The topological polar surface area (TPSA) is 27.7 Å². The summed E-state index contributed by atoms with van der Waals surface area (Å²) in [6, 6.07) is 5.78. The Morgan fingerprint density at radius 1 is 1.17 bits per heavy atom. The number of ether oxygens (including phenoxy) is 3. The zero-order chi connectivity index (χ0) is 13.2. The van der Waals surface area contributed by atoms with Crippen molar-refractivity contribution in [2.45, 2.75) is 12.3 Å². The van der Waals surface area contributed by atoms with Gasteiger partial charge in [0, 0.05) is 30.7 Å². The molecule has 5 heteroatoms. The highest BCUT2D eigenvalue weighted by atomic mass is 79.9. The summed E-state index contributed by atoms with van der Waals surface area (Å²) in [6.07, 6.45) is 0.908. The summed E-state index contributed by atoms with van der Waals surface area (Å²) in [5.74, 6) is 1.28. The van der Waals surface area contributed by atoms with Gasteiger partial charge >= 0.3 is 0 Å². The lowest BCUT2D eigenvalue weighted by atomic mass is 10.2. The Labute approximate surface area is 121 Å². The Morgan fingerprint density at radius 3 is 2.72 bits per heavy atom. The summed E-state index contributed by atoms with van der Waals surface area (Å²) in [5.41, 5.74) is 1.02. The fourth-order valence-electron chi connectivity index (χ4n) is 1.37. The summed E-state index contributed by atoms with van der Waals surface area (Å²) in [7, 11) is 1.69. The zero-order valence-electron chi connectivity index (χ0n) is 10.5. The molecule has 0 fully saturated rings. The first-order chi connectivity index (χ1) is 8.77. The standard InChI is InChI=1S/C13H18BrClO3/c1-16-5-2-6-17-7-8-18-12-3-4-13(14)11(9-12)10-15/h3-4,9H,2,5-8,10H2,1H3. The van der Waals surface area contributed by atoms with Crippen LogP contribution >= 0.6 is 27.5 Å². The van der Waals surface area contributed by atoms with Crippen molar-refractivity contribution in [3.8, 4) is 5.75 Å². The Balaban J connectivity index is 2.19. The number of hydrogen-bond acceptors (Lipinski definition) is 3. The number of benzene rings is 1. The van der Waals surface area contributed by atoms with Crippen molar-refractivity contribution in [2.24, 2.45) is 0 Å². The molecule has 1 rings (SSSR count). The molecular formula is C13H18BrClO3. The normalized spacial score (nSPS) is 10.6. The lowest BCUT2D eigenvalue weighted by molar-refractivity contribution is 0.0806. The predicted octanol–water partition coefficient (Wildman–Crippen LogP) is 3.62. The highest BCUT2D eigenvalue weighted by molar-refractivity contribution is 9.10. The molecular weight excluding hydrogens is 319 g/mol. The number of alkyl halides is 1. The van der Waals surface area contributed by atoms with Crippen molar-refractivity contribution in [2.75, 3.05) is 33.5 Å². The largest absolute Gasteiger partial charge is 0.491 e.